The second-order valence-electron chi connectivity index (χ2n) is 4.02. The van der Waals surface area contributed by atoms with Crippen LogP contribution in [0, 0.1) is 6.92 Å². The fourth-order valence-corrected chi connectivity index (χ4v) is 2.48. The molecule has 0 aliphatic rings. The third-order valence-corrected chi connectivity index (χ3v) is 3.58. The summed E-state index contributed by atoms with van der Waals surface area (Å²) in [5.74, 6) is 0. The fraction of sp³-hybridized carbons (Fsp3) is 0.692. The molecule has 0 saturated carbocycles. The average molecular weight is 257 g/mol. The van der Waals surface area contributed by atoms with Crippen LogP contribution in [0.3, 0.4) is 0 Å². The van der Waals surface area contributed by atoms with E-state index in [0.29, 0.717) is 25.9 Å². The maximum atomic E-state index is 5.62. The molecule has 4 heteroatoms. The molecule has 0 spiro atoms. The van der Waals surface area contributed by atoms with Crippen molar-refractivity contribution < 1.29 is 9.47 Å². The Morgan fingerprint density at radius 2 is 2.18 bits per heavy atom. The highest BCUT2D eigenvalue weighted by Gasteiger charge is 2.12. The van der Waals surface area contributed by atoms with Crippen molar-refractivity contribution in [2.45, 2.75) is 26.3 Å². The Morgan fingerprint density at radius 3 is 2.76 bits per heavy atom. The van der Waals surface area contributed by atoms with Crippen LogP contribution in [0.15, 0.2) is 12.1 Å². The number of hydrogen-bond donors (Lipinski definition) is 1. The predicted molar refractivity (Wildman–Crippen MR) is 72.8 cm³/mol. The third-order valence-electron chi connectivity index (χ3n) is 2.46. The second-order valence-corrected chi connectivity index (χ2v) is 5.34. The molecule has 1 N–H and O–H groups in total. The smallest absolute Gasteiger partial charge is 0.0701 e. The van der Waals surface area contributed by atoms with Gasteiger partial charge in [-0.2, -0.15) is 0 Å². The van der Waals surface area contributed by atoms with Gasteiger partial charge in [0, 0.05) is 16.9 Å². The molecule has 0 amide bonds. The van der Waals surface area contributed by atoms with Crippen LogP contribution in [0.5, 0.6) is 0 Å². The van der Waals surface area contributed by atoms with Crippen LogP contribution in [0.4, 0.5) is 0 Å². The third kappa shape index (κ3) is 5.64. The summed E-state index contributed by atoms with van der Waals surface area (Å²) in [4.78, 5) is 2.70. The summed E-state index contributed by atoms with van der Waals surface area (Å²) in [7, 11) is 1.69. The van der Waals surface area contributed by atoms with Gasteiger partial charge in [0.05, 0.1) is 25.9 Å². The number of nitrogens with one attached hydrogen (secondary N) is 1. The molecule has 0 fully saturated rings. The maximum Gasteiger partial charge on any atom is 0.0701 e. The molecule has 3 nitrogen and oxygen atoms in total. The molecule has 1 aromatic rings. The maximum absolute atomic E-state index is 5.62. The Labute approximate surface area is 108 Å². The van der Waals surface area contributed by atoms with Gasteiger partial charge in [-0.05, 0) is 32.0 Å². The van der Waals surface area contributed by atoms with Crippen molar-refractivity contribution in [3.8, 4) is 0 Å². The molecular weight excluding hydrogens is 234 g/mol. The van der Waals surface area contributed by atoms with E-state index in [-0.39, 0.29) is 0 Å². The Kier molecular flexibility index (Phi) is 7.44. The zero-order valence-electron chi connectivity index (χ0n) is 11.0. The lowest BCUT2D eigenvalue weighted by atomic mass is 10.2. The SMILES string of the molecule is CCCNC(COCCOC)c1ccc(C)s1. The van der Waals surface area contributed by atoms with E-state index in [2.05, 4.69) is 31.3 Å². The summed E-state index contributed by atoms with van der Waals surface area (Å²) < 4.78 is 10.6. The first-order valence-corrected chi connectivity index (χ1v) is 6.96. The Bertz CT molecular complexity index is 301. The van der Waals surface area contributed by atoms with Crippen LogP contribution in [-0.4, -0.2) is 33.5 Å². The van der Waals surface area contributed by atoms with E-state index in [9.17, 15) is 0 Å². The Hall–Kier alpha value is -0.420. The minimum Gasteiger partial charge on any atom is -0.382 e. The van der Waals surface area contributed by atoms with Crippen LogP contribution in [0.25, 0.3) is 0 Å². The molecule has 0 aliphatic heterocycles. The van der Waals surface area contributed by atoms with Crippen LogP contribution in [-0.2, 0) is 9.47 Å². The van der Waals surface area contributed by atoms with Crippen molar-refractivity contribution in [1.29, 1.82) is 0 Å². The van der Waals surface area contributed by atoms with E-state index >= 15 is 0 Å². The molecule has 1 unspecified atom stereocenters. The summed E-state index contributed by atoms with van der Waals surface area (Å²) in [5, 5.41) is 3.52. The second kappa shape index (κ2) is 8.64. The number of methoxy groups -OCH3 is 1. The van der Waals surface area contributed by atoms with Gasteiger partial charge in [-0.1, -0.05) is 6.92 Å². The first-order valence-electron chi connectivity index (χ1n) is 6.14. The Morgan fingerprint density at radius 1 is 1.35 bits per heavy atom. The highest BCUT2D eigenvalue weighted by atomic mass is 32.1. The average Bonchev–Trinajstić information content (AvgIpc) is 2.75. The molecule has 0 aromatic carbocycles. The summed E-state index contributed by atoms with van der Waals surface area (Å²) in [6.45, 7) is 7.36. The number of ether oxygens (including phenoxy) is 2. The van der Waals surface area contributed by atoms with Crippen molar-refractivity contribution in [3.63, 3.8) is 0 Å². The lowest BCUT2D eigenvalue weighted by Crippen LogP contribution is -2.26. The van der Waals surface area contributed by atoms with Gasteiger partial charge in [0.1, 0.15) is 0 Å². The summed E-state index contributed by atoms with van der Waals surface area (Å²) in [6, 6.07) is 4.66. The van der Waals surface area contributed by atoms with E-state index in [0.717, 1.165) is 13.0 Å². The fourth-order valence-electron chi connectivity index (χ4n) is 1.54. The lowest BCUT2D eigenvalue weighted by molar-refractivity contribution is 0.0590. The van der Waals surface area contributed by atoms with Gasteiger partial charge < -0.3 is 14.8 Å². The molecule has 17 heavy (non-hydrogen) atoms. The number of aryl methyl sites for hydroxylation is 1. The van der Waals surface area contributed by atoms with Crippen molar-refractivity contribution in [1.82, 2.24) is 5.32 Å². The molecule has 1 rings (SSSR count). The van der Waals surface area contributed by atoms with Crippen molar-refractivity contribution in [2.24, 2.45) is 0 Å². The molecule has 1 atom stereocenters. The number of thiophene rings is 1. The minimum absolute atomic E-state index is 0.311. The van der Waals surface area contributed by atoms with Crippen molar-refractivity contribution in [3.05, 3.63) is 21.9 Å². The van der Waals surface area contributed by atoms with E-state index < -0.39 is 0 Å². The van der Waals surface area contributed by atoms with Crippen LogP contribution < -0.4 is 5.32 Å². The standard InChI is InChI=1S/C13H23NO2S/c1-4-7-14-12(10-16-9-8-15-3)13-6-5-11(2)17-13/h5-6,12,14H,4,7-10H2,1-3H3. The summed E-state index contributed by atoms with van der Waals surface area (Å²) >= 11 is 1.84. The van der Waals surface area contributed by atoms with Gasteiger partial charge in [0.15, 0.2) is 0 Å². The van der Waals surface area contributed by atoms with Gasteiger partial charge in [-0.25, -0.2) is 0 Å². The molecule has 0 aliphatic carbocycles. The van der Waals surface area contributed by atoms with Crippen molar-refractivity contribution >= 4 is 11.3 Å². The summed E-state index contributed by atoms with van der Waals surface area (Å²) in [5.41, 5.74) is 0. The minimum atomic E-state index is 0.311. The quantitative estimate of drug-likeness (QED) is 0.690. The van der Waals surface area contributed by atoms with E-state index in [1.807, 2.05) is 11.3 Å². The highest BCUT2D eigenvalue weighted by Crippen LogP contribution is 2.23. The van der Waals surface area contributed by atoms with Crippen LogP contribution >= 0.6 is 11.3 Å². The van der Waals surface area contributed by atoms with Gasteiger partial charge >= 0.3 is 0 Å². The van der Waals surface area contributed by atoms with Crippen LogP contribution in [0.2, 0.25) is 0 Å². The molecule has 98 valence electrons. The highest BCUT2D eigenvalue weighted by molar-refractivity contribution is 7.12. The monoisotopic (exact) mass is 257 g/mol. The summed E-state index contributed by atoms with van der Waals surface area (Å²) in [6.07, 6.45) is 1.14. The van der Waals surface area contributed by atoms with Crippen LogP contribution in [0.1, 0.15) is 29.1 Å². The number of rotatable bonds is 9. The number of hydrogen-bond acceptors (Lipinski definition) is 4. The zero-order chi connectivity index (χ0) is 12.5. The van der Waals surface area contributed by atoms with Gasteiger partial charge in [0.25, 0.3) is 0 Å². The molecule has 0 radical (unpaired) electrons. The van der Waals surface area contributed by atoms with E-state index in [1.165, 1.54) is 9.75 Å². The molecule has 0 bridgehead atoms. The van der Waals surface area contributed by atoms with Crippen molar-refractivity contribution in [2.75, 3.05) is 33.5 Å². The first kappa shape index (κ1) is 14.6. The van der Waals surface area contributed by atoms with Gasteiger partial charge in [-0.15, -0.1) is 11.3 Å². The normalized spacial score (nSPS) is 12.9. The lowest BCUT2D eigenvalue weighted by Gasteiger charge is -2.17. The molecular formula is C13H23NO2S. The van der Waals surface area contributed by atoms with Gasteiger partial charge in [0.2, 0.25) is 0 Å². The van der Waals surface area contributed by atoms with E-state index in [4.69, 9.17) is 9.47 Å². The zero-order valence-corrected chi connectivity index (χ0v) is 11.8. The molecule has 0 saturated heterocycles. The molecule has 1 aromatic heterocycles. The topological polar surface area (TPSA) is 30.5 Å². The van der Waals surface area contributed by atoms with E-state index in [1.54, 1.807) is 7.11 Å². The first-order chi connectivity index (χ1) is 8.27. The Balaban J connectivity index is 2.42. The largest absolute Gasteiger partial charge is 0.382 e. The molecule has 1 heterocycles. The predicted octanol–water partition coefficient (Wildman–Crippen LogP) is 2.76. The van der Waals surface area contributed by atoms with Gasteiger partial charge in [-0.3, -0.25) is 0 Å².